The number of rotatable bonds is 5. The number of nitrogens with zero attached hydrogens (tertiary/aromatic N) is 2. The Morgan fingerprint density at radius 3 is 2.63 bits per heavy atom. The molecule has 2 aliphatic heterocycles. The highest BCUT2D eigenvalue weighted by Gasteiger charge is 2.55. The first kappa shape index (κ1) is 19.0. The van der Waals surface area contributed by atoms with E-state index in [1.165, 1.54) is 0 Å². The van der Waals surface area contributed by atoms with Crippen LogP contribution in [0, 0.1) is 17.8 Å². The van der Waals surface area contributed by atoms with Crippen LogP contribution in [0.1, 0.15) is 67.1 Å². The molecule has 3 atom stereocenters. The molecule has 4 aliphatic carbocycles. The number of aromatic nitrogens is 2. The fourth-order valence-electron chi connectivity index (χ4n) is 6.63. The second-order valence-electron chi connectivity index (χ2n) is 10.1. The first-order valence-electron chi connectivity index (χ1n) is 11.4. The molecule has 4 saturated carbocycles. The van der Waals surface area contributed by atoms with Crippen molar-refractivity contribution < 1.29 is 19.4 Å². The Labute approximate surface area is 176 Å². The lowest BCUT2D eigenvalue weighted by molar-refractivity contribution is -0.136. The van der Waals surface area contributed by atoms with Crippen LogP contribution >= 0.6 is 0 Å². The van der Waals surface area contributed by atoms with Crippen molar-refractivity contribution in [3.05, 3.63) is 17.5 Å². The molecule has 162 valence electrons. The van der Waals surface area contributed by atoms with Crippen LogP contribution in [0.25, 0.3) is 0 Å². The molecular weight excluding hydrogens is 384 g/mol. The van der Waals surface area contributed by atoms with Gasteiger partial charge in [-0.3, -0.25) is 4.79 Å². The molecule has 30 heavy (non-hydrogen) atoms. The summed E-state index contributed by atoms with van der Waals surface area (Å²) in [5, 5.41) is 17.4. The average Bonchev–Trinajstić information content (AvgIpc) is 3.21. The van der Waals surface area contributed by atoms with Crippen LogP contribution in [-0.4, -0.2) is 58.5 Å². The molecule has 8 heteroatoms. The predicted molar refractivity (Wildman–Crippen MR) is 108 cm³/mol. The van der Waals surface area contributed by atoms with Crippen LogP contribution in [0.4, 0.5) is 5.95 Å². The van der Waals surface area contributed by atoms with E-state index in [0.717, 1.165) is 44.9 Å². The normalized spacial score (nSPS) is 39.7. The lowest BCUT2D eigenvalue weighted by atomic mass is 9.52. The molecule has 1 amide bonds. The van der Waals surface area contributed by atoms with Crippen molar-refractivity contribution in [1.29, 1.82) is 0 Å². The summed E-state index contributed by atoms with van der Waals surface area (Å²) in [5.41, 5.74) is 0.706. The molecule has 6 fully saturated rings. The highest BCUT2D eigenvalue weighted by molar-refractivity contribution is 5.95. The van der Waals surface area contributed by atoms with Crippen molar-refractivity contribution >= 4 is 11.9 Å². The van der Waals surface area contributed by atoms with Gasteiger partial charge in [-0.1, -0.05) is 0 Å². The van der Waals surface area contributed by atoms with Gasteiger partial charge in [-0.25, -0.2) is 9.97 Å². The van der Waals surface area contributed by atoms with Gasteiger partial charge in [0.05, 0.1) is 36.1 Å². The smallest absolute Gasteiger partial charge is 0.255 e. The molecule has 1 aromatic heterocycles. The van der Waals surface area contributed by atoms with Gasteiger partial charge in [0.1, 0.15) is 6.10 Å². The summed E-state index contributed by atoms with van der Waals surface area (Å²) in [6.07, 6.45) is 8.12. The molecule has 0 radical (unpaired) electrons. The molecule has 4 bridgehead atoms. The van der Waals surface area contributed by atoms with Crippen LogP contribution < -0.4 is 10.6 Å². The topological polar surface area (TPSA) is 106 Å². The van der Waals surface area contributed by atoms with E-state index in [-0.39, 0.29) is 24.1 Å². The van der Waals surface area contributed by atoms with E-state index in [4.69, 9.17) is 9.47 Å². The maximum Gasteiger partial charge on any atom is 0.255 e. The first-order chi connectivity index (χ1) is 14.6. The number of nitrogens with one attached hydrogen (secondary N) is 2. The van der Waals surface area contributed by atoms with Crippen molar-refractivity contribution in [1.82, 2.24) is 15.3 Å². The number of hydrogen-bond acceptors (Lipinski definition) is 7. The number of carbonyl (C=O) groups excluding carboxylic acids is 1. The second-order valence-corrected chi connectivity index (χ2v) is 10.1. The van der Waals surface area contributed by atoms with E-state index in [1.54, 1.807) is 6.20 Å². The minimum Gasteiger partial charge on any atom is -0.390 e. The minimum absolute atomic E-state index is 0.108. The Morgan fingerprint density at radius 2 is 2.00 bits per heavy atom. The molecule has 2 saturated heterocycles. The maximum absolute atomic E-state index is 13.3. The summed E-state index contributed by atoms with van der Waals surface area (Å²) >= 11 is 0. The first-order valence-corrected chi connectivity index (χ1v) is 11.4. The fourth-order valence-corrected chi connectivity index (χ4v) is 6.63. The van der Waals surface area contributed by atoms with Gasteiger partial charge in [0, 0.05) is 18.8 Å². The van der Waals surface area contributed by atoms with Crippen molar-refractivity contribution in [2.24, 2.45) is 17.8 Å². The average molecular weight is 415 g/mol. The summed E-state index contributed by atoms with van der Waals surface area (Å²) in [6.45, 7) is 2.00. The molecule has 7 rings (SSSR count). The third kappa shape index (κ3) is 3.29. The van der Waals surface area contributed by atoms with Crippen molar-refractivity contribution in [3.63, 3.8) is 0 Å². The SMILES string of the molecule is O=C(N[C@H]1C2CC3CC1C[C@@](O)(C3)C2)c1cnc(NC2COC2)nc1[C@H]1CCCO1. The number of anilines is 1. The molecule has 1 aromatic rings. The maximum atomic E-state index is 13.3. The van der Waals surface area contributed by atoms with Gasteiger partial charge in [0.2, 0.25) is 5.95 Å². The number of carbonyl (C=O) groups is 1. The lowest BCUT2D eigenvalue weighted by Crippen LogP contribution is -2.61. The van der Waals surface area contributed by atoms with Gasteiger partial charge in [-0.15, -0.1) is 0 Å². The van der Waals surface area contributed by atoms with E-state index < -0.39 is 5.60 Å². The number of ether oxygens (including phenoxy) is 2. The fraction of sp³-hybridized carbons (Fsp3) is 0.773. The summed E-state index contributed by atoms with van der Waals surface area (Å²) < 4.78 is 11.1. The Bertz CT molecular complexity index is 822. The van der Waals surface area contributed by atoms with Gasteiger partial charge < -0.3 is 25.2 Å². The van der Waals surface area contributed by atoms with E-state index in [1.807, 2.05) is 0 Å². The van der Waals surface area contributed by atoms with E-state index in [9.17, 15) is 9.90 Å². The van der Waals surface area contributed by atoms with Gasteiger partial charge in [-0.05, 0) is 62.7 Å². The summed E-state index contributed by atoms with van der Waals surface area (Å²) in [5.74, 6) is 1.78. The minimum atomic E-state index is -0.498. The Morgan fingerprint density at radius 1 is 1.20 bits per heavy atom. The molecule has 3 heterocycles. The van der Waals surface area contributed by atoms with Crippen LogP contribution in [-0.2, 0) is 9.47 Å². The molecule has 3 N–H and O–H groups in total. The van der Waals surface area contributed by atoms with Gasteiger partial charge in [0.15, 0.2) is 0 Å². The van der Waals surface area contributed by atoms with Crippen molar-refractivity contribution in [2.75, 3.05) is 25.1 Å². The van der Waals surface area contributed by atoms with Crippen molar-refractivity contribution in [3.8, 4) is 0 Å². The van der Waals surface area contributed by atoms with Crippen molar-refractivity contribution in [2.45, 2.75) is 68.7 Å². The standard InChI is InChI=1S/C22H30N4O4/c27-20(25-18-13-4-12-5-14(18)8-22(28,6-12)7-13)16-9-23-21(24-15-10-29-11-15)26-19(16)17-2-1-3-30-17/h9,12-15,17-18,28H,1-8,10-11H2,(H,25,27)(H,23,24,26)/t12?,13?,14?,17-,18-,22+/m1/s1. The largest absolute Gasteiger partial charge is 0.390 e. The van der Waals surface area contributed by atoms with Crippen LogP contribution in [0.5, 0.6) is 0 Å². The number of hydrogen-bond donors (Lipinski definition) is 3. The van der Waals surface area contributed by atoms with Gasteiger partial charge in [-0.2, -0.15) is 0 Å². The number of aliphatic hydroxyl groups is 1. The highest BCUT2D eigenvalue weighted by Crippen LogP contribution is 2.55. The van der Waals surface area contributed by atoms with Crippen LogP contribution in [0.3, 0.4) is 0 Å². The molecule has 8 nitrogen and oxygen atoms in total. The third-order valence-electron chi connectivity index (χ3n) is 7.81. The molecule has 2 unspecified atom stereocenters. The quantitative estimate of drug-likeness (QED) is 0.675. The number of amides is 1. The third-order valence-corrected chi connectivity index (χ3v) is 7.81. The zero-order valence-electron chi connectivity index (χ0n) is 17.2. The predicted octanol–water partition coefficient (Wildman–Crippen LogP) is 1.81. The second kappa shape index (κ2) is 7.14. The Hall–Kier alpha value is -1.77. The Kier molecular flexibility index (Phi) is 4.51. The molecular formula is C22H30N4O4. The summed E-state index contributed by atoms with van der Waals surface area (Å²) in [6, 6.07) is 0.359. The molecule has 6 aliphatic rings. The summed E-state index contributed by atoms with van der Waals surface area (Å²) in [4.78, 5) is 22.4. The highest BCUT2D eigenvalue weighted by atomic mass is 16.5. The van der Waals surface area contributed by atoms with Gasteiger partial charge in [0.25, 0.3) is 5.91 Å². The Balaban J connectivity index is 1.23. The van der Waals surface area contributed by atoms with E-state index in [0.29, 0.717) is 54.8 Å². The lowest BCUT2D eigenvalue weighted by Gasteiger charge is -2.58. The van der Waals surface area contributed by atoms with E-state index >= 15 is 0 Å². The van der Waals surface area contributed by atoms with E-state index in [2.05, 4.69) is 20.6 Å². The zero-order valence-corrected chi connectivity index (χ0v) is 17.2. The molecule has 0 aromatic carbocycles. The zero-order chi connectivity index (χ0) is 20.3. The van der Waals surface area contributed by atoms with Gasteiger partial charge >= 0.3 is 0 Å². The van der Waals surface area contributed by atoms with Crippen LogP contribution in [0.15, 0.2) is 6.20 Å². The summed E-state index contributed by atoms with van der Waals surface area (Å²) in [7, 11) is 0. The van der Waals surface area contributed by atoms with Crippen LogP contribution in [0.2, 0.25) is 0 Å². The monoisotopic (exact) mass is 414 g/mol. The molecule has 0 spiro atoms.